The molecule has 0 bridgehead atoms. The van der Waals surface area contributed by atoms with Gasteiger partial charge in [0.05, 0.1) is 7.11 Å². The lowest BCUT2D eigenvalue weighted by atomic mass is 9.91. The molecule has 0 heterocycles. The summed E-state index contributed by atoms with van der Waals surface area (Å²) in [5.74, 6) is 2.13. The van der Waals surface area contributed by atoms with Crippen molar-refractivity contribution in [2.75, 3.05) is 12.4 Å². The van der Waals surface area contributed by atoms with Crippen LogP contribution in [0.1, 0.15) is 20.8 Å². The fourth-order valence-corrected chi connectivity index (χ4v) is 1.91. The molecule has 0 saturated heterocycles. The highest BCUT2D eigenvalue weighted by Gasteiger charge is 2.17. The molecule has 0 radical (unpaired) electrons. The van der Waals surface area contributed by atoms with E-state index in [-0.39, 0.29) is 11.2 Å². The molecule has 2 rings (SSSR count). The maximum Gasteiger partial charge on any atom is 0.169 e. The van der Waals surface area contributed by atoms with Gasteiger partial charge in [0.1, 0.15) is 5.75 Å². The van der Waals surface area contributed by atoms with Gasteiger partial charge in [0.15, 0.2) is 17.3 Å². The summed E-state index contributed by atoms with van der Waals surface area (Å²) in [7, 11) is 1.61. The van der Waals surface area contributed by atoms with Crippen molar-refractivity contribution in [3.8, 4) is 17.2 Å². The van der Waals surface area contributed by atoms with Gasteiger partial charge in [0.2, 0.25) is 0 Å². The van der Waals surface area contributed by atoms with Gasteiger partial charge in [-0.15, -0.1) is 0 Å². The fourth-order valence-electron chi connectivity index (χ4n) is 1.91. The first kappa shape index (κ1) is 17.6. The number of rotatable bonds is 6. The summed E-state index contributed by atoms with van der Waals surface area (Å²) in [6.07, 6.45) is 3.21. The fraction of sp³-hybridized carbons (Fsp3) is 0.250. The predicted molar refractivity (Wildman–Crippen MR) is 96.7 cm³/mol. The Kier molecular flexibility index (Phi) is 5.64. The van der Waals surface area contributed by atoms with Crippen molar-refractivity contribution < 1.29 is 14.3 Å². The molecule has 24 heavy (non-hydrogen) atoms. The Labute approximate surface area is 143 Å². The van der Waals surface area contributed by atoms with Crippen LogP contribution in [-0.2, 0) is 4.79 Å². The van der Waals surface area contributed by atoms with Crippen molar-refractivity contribution in [3.63, 3.8) is 0 Å². The minimum atomic E-state index is -0.370. The lowest BCUT2D eigenvalue weighted by molar-refractivity contribution is -0.121. The van der Waals surface area contributed by atoms with Gasteiger partial charge < -0.3 is 14.8 Å². The van der Waals surface area contributed by atoms with Crippen LogP contribution in [-0.4, -0.2) is 12.9 Å². The first-order chi connectivity index (χ1) is 11.4. The SMILES string of the molecule is COc1ccccc1Oc1ccc(NC=CC(=O)C(C)(C)C)cc1. The number of benzene rings is 2. The molecule has 2 aromatic carbocycles. The minimum Gasteiger partial charge on any atom is -0.493 e. The Hall–Kier alpha value is -2.75. The van der Waals surface area contributed by atoms with Crippen LogP contribution in [0.3, 0.4) is 0 Å². The zero-order chi connectivity index (χ0) is 17.6. The second-order valence-corrected chi connectivity index (χ2v) is 6.37. The lowest BCUT2D eigenvalue weighted by Gasteiger charge is -2.13. The van der Waals surface area contributed by atoms with Crippen LogP contribution in [0, 0.1) is 5.41 Å². The standard InChI is InChI=1S/C20H23NO3/c1-20(2,3)19(22)13-14-21-15-9-11-16(12-10-15)24-18-8-6-5-7-17(18)23-4/h5-14,21H,1-4H3. The Balaban J connectivity index is 1.98. The number of carbonyl (C=O) groups excluding carboxylic acids is 1. The molecule has 0 aliphatic rings. The normalized spacial score (nSPS) is 11.3. The van der Waals surface area contributed by atoms with E-state index in [9.17, 15) is 4.79 Å². The summed E-state index contributed by atoms with van der Waals surface area (Å²) in [6, 6.07) is 15.0. The molecule has 1 N–H and O–H groups in total. The van der Waals surface area contributed by atoms with E-state index >= 15 is 0 Å². The molecule has 4 heteroatoms. The predicted octanol–water partition coefficient (Wildman–Crippen LogP) is 5.03. The van der Waals surface area contributed by atoms with Gasteiger partial charge in [-0.25, -0.2) is 0 Å². The maximum absolute atomic E-state index is 11.8. The summed E-state index contributed by atoms with van der Waals surface area (Å²) >= 11 is 0. The molecule has 0 fully saturated rings. The molecule has 2 aromatic rings. The number of anilines is 1. The number of carbonyl (C=O) groups is 1. The Morgan fingerprint density at radius 3 is 2.21 bits per heavy atom. The second-order valence-electron chi connectivity index (χ2n) is 6.37. The summed E-state index contributed by atoms with van der Waals surface area (Å²) in [6.45, 7) is 5.68. The number of hydrogen-bond acceptors (Lipinski definition) is 4. The van der Waals surface area contributed by atoms with Gasteiger partial charge in [-0.1, -0.05) is 32.9 Å². The average Bonchev–Trinajstić information content (AvgIpc) is 2.56. The van der Waals surface area contributed by atoms with Crippen molar-refractivity contribution in [3.05, 3.63) is 60.8 Å². The van der Waals surface area contributed by atoms with Gasteiger partial charge in [-0.3, -0.25) is 4.79 Å². The van der Waals surface area contributed by atoms with Crippen molar-refractivity contribution in [1.29, 1.82) is 0 Å². The van der Waals surface area contributed by atoms with Crippen LogP contribution in [0.4, 0.5) is 5.69 Å². The Morgan fingerprint density at radius 1 is 1.00 bits per heavy atom. The van der Waals surface area contributed by atoms with Crippen molar-refractivity contribution in [1.82, 2.24) is 0 Å². The number of allylic oxidation sites excluding steroid dienone is 1. The molecule has 0 spiro atoms. The second kappa shape index (κ2) is 7.68. The molecule has 0 unspecified atom stereocenters. The minimum absolute atomic E-state index is 0.0751. The molecular formula is C20H23NO3. The number of nitrogens with one attached hydrogen (secondary N) is 1. The topological polar surface area (TPSA) is 47.6 Å². The third-order valence-electron chi connectivity index (χ3n) is 3.38. The maximum atomic E-state index is 11.8. The largest absolute Gasteiger partial charge is 0.493 e. The highest BCUT2D eigenvalue weighted by molar-refractivity contribution is 5.94. The third kappa shape index (κ3) is 4.88. The number of hydrogen-bond donors (Lipinski definition) is 1. The molecule has 0 aromatic heterocycles. The van der Waals surface area contributed by atoms with Crippen LogP contribution in [0.25, 0.3) is 0 Å². The van der Waals surface area contributed by atoms with Crippen LogP contribution in [0.5, 0.6) is 17.2 Å². The lowest BCUT2D eigenvalue weighted by Crippen LogP contribution is -2.17. The van der Waals surface area contributed by atoms with Crippen molar-refractivity contribution in [2.24, 2.45) is 5.41 Å². The highest BCUT2D eigenvalue weighted by Crippen LogP contribution is 2.31. The van der Waals surface area contributed by atoms with E-state index in [0.29, 0.717) is 17.2 Å². The van der Waals surface area contributed by atoms with Gasteiger partial charge in [-0.2, -0.15) is 0 Å². The molecular weight excluding hydrogens is 302 g/mol. The number of methoxy groups -OCH3 is 1. The third-order valence-corrected chi connectivity index (χ3v) is 3.38. The van der Waals surface area contributed by atoms with Gasteiger partial charge in [0, 0.05) is 17.3 Å². The zero-order valence-electron chi connectivity index (χ0n) is 14.5. The Morgan fingerprint density at radius 2 is 1.62 bits per heavy atom. The molecule has 0 aliphatic carbocycles. The highest BCUT2D eigenvalue weighted by atomic mass is 16.5. The van der Waals surface area contributed by atoms with E-state index in [0.717, 1.165) is 5.69 Å². The van der Waals surface area contributed by atoms with Crippen molar-refractivity contribution in [2.45, 2.75) is 20.8 Å². The van der Waals surface area contributed by atoms with Crippen LogP contribution >= 0.6 is 0 Å². The van der Waals surface area contributed by atoms with E-state index < -0.39 is 0 Å². The molecule has 0 amide bonds. The zero-order valence-corrected chi connectivity index (χ0v) is 14.5. The average molecular weight is 325 g/mol. The molecule has 126 valence electrons. The van der Waals surface area contributed by atoms with E-state index in [1.165, 1.54) is 0 Å². The van der Waals surface area contributed by atoms with E-state index in [1.807, 2.05) is 69.3 Å². The number of ether oxygens (including phenoxy) is 2. The molecule has 0 aliphatic heterocycles. The van der Waals surface area contributed by atoms with Gasteiger partial charge in [0.25, 0.3) is 0 Å². The van der Waals surface area contributed by atoms with Gasteiger partial charge in [-0.05, 0) is 42.5 Å². The summed E-state index contributed by atoms with van der Waals surface area (Å²) in [5.41, 5.74) is 0.505. The first-order valence-electron chi connectivity index (χ1n) is 7.78. The van der Waals surface area contributed by atoms with Gasteiger partial charge >= 0.3 is 0 Å². The summed E-state index contributed by atoms with van der Waals surface area (Å²) < 4.78 is 11.1. The molecule has 4 nitrogen and oxygen atoms in total. The quantitative estimate of drug-likeness (QED) is 0.757. The summed E-state index contributed by atoms with van der Waals surface area (Å²) in [5, 5.41) is 3.08. The molecule has 0 saturated carbocycles. The van der Waals surface area contributed by atoms with E-state index in [2.05, 4.69) is 5.32 Å². The molecule has 0 atom stereocenters. The Bertz CT molecular complexity index is 712. The van der Waals surface area contributed by atoms with Crippen LogP contribution < -0.4 is 14.8 Å². The number of ketones is 1. The monoisotopic (exact) mass is 325 g/mol. The van der Waals surface area contributed by atoms with Crippen molar-refractivity contribution >= 4 is 11.5 Å². The van der Waals surface area contributed by atoms with E-state index in [4.69, 9.17) is 9.47 Å². The summed E-state index contributed by atoms with van der Waals surface area (Å²) in [4.78, 5) is 11.8. The van der Waals surface area contributed by atoms with Crippen LogP contribution in [0.2, 0.25) is 0 Å². The smallest absolute Gasteiger partial charge is 0.169 e. The van der Waals surface area contributed by atoms with E-state index in [1.54, 1.807) is 19.4 Å². The number of para-hydroxylation sites is 2. The first-order valence-corrected chi connectivity index (χ1v) is 7.78. The van der Waals surface area contributed by atoms with Crippen LogP contribution in [0.15, 0.2) is 60.8 Å².